The van der Waals surface area contributed by atoms with Crippen LogP contribution >= 0.6 is 0 Å². The van der Waals surface area contributed by atoms with E-state index in [1.165, 1.54) is 29.0 Å². The summed E-state index contributed by atoms with van der Waals surface area (Å²) in [4.78, 5) is 37.7. The lowest BCUT2D eigenvalue weighted by molar-refractivity contribution is -0.123. The number of benzene rings is 1. The zero-order valence-electron chi connectivity index (χ0n) is 17.6. The van der Waals surface area contributed by atoms with E-state index < -0.39 is 41.3 Å². The molecule has 1 aliphatic rings. The largest absolute Gasteiger partial charge is 0.405 e. The molecule has 2 amide bonds. The Morgan fingerprint density at radius 3 is 2.42 bits per heavy atom. The summed E-state index contributed by atoms with van der Waals surface area (Å²) >= 11 is 0. The fourth-order valence-corrected chi connectivity index (χ4v) is 3.47. The van der Waals surface area contributed by atoms with Crippen LogP contribution in [0.2, 0.25) is 0 Å². The molecule has 1 atom stereocenters. The molecule has 33 heavy (non-hydrogen) atoms. The lowest BCUT2D eigenvalue weighted by Crippen LogP contribution is -2.39. The maximum absolute atomic E-state index is 13.3. The number of carbonyl (C=O) groups is 2. The molecule has 1 aliphatic heterocycles. The van der Waals surface area contributed by atoms with E-state index in [9.17, 15) is 31.9 Å². The molecule has 3 rings (SSSR count). The molecule has 1 saturated heterocycles. The van der Waals surface area contributed by atoms with E-state index in [0.29, 0.717) is 18.6 Å². The van der Waals surface area contributed by atoms with Gasteiger partial charge in [-0.15, -0.1) is 0 Å². The first-order valence-corrected chi connectivity index (χ1v) is 10.4. The number of nitrogens with zero attached hydrogens (tertiary/aromatic N) is 1. The second-order valence-electron chi connectivity index (χ2n) is 7.68. The highest BCUT2D eigenvalue weighted by molar-refractivity contribution is 5.99. The lowest BCUT2D eigenvalue weighted by Gasteiger charge is -2.16. The molecule has 11 heteroatoms. The number of nitrogens with one attached hydrogen (secondary N) is 2. The molecule has 1 aromatic carbocycles. The van der Waals surface area contributed by atoms with Crippen molar-refractivity contribution in [2.24, 2.45) is 0 Å². The van der Waals surface area contributed by atoms with Gasteiger partial charge in [-0.25, -0.2) is 4.39 Å². The number of ether oxygens (including phenoxy) is 1. The Labute approximate surface area is 186 Å². The molecule has 2 heterocycles. The van der Waals surface area contributed by atoms with Crippen LogP contribution in [0, 0.1) is 5.82 Å². The van der Waals surface area contributed by atoms with Gasteiger partial charge in [-0.1, -0.05) is 12.1 Å². The predicted octanol–water partition coefficient (Wildman–Crippen LogP) is 2.43. The van der Waals surface area contributed by atoms with Gasteiger partial charge in [-0.3, -0.25) is 14.4 Å². The van der Waals surface area contributed by atoms with Crippen LogP contribution in [0.5, 0.6) is 0 Å². The molecule has 2 N–H and O–H groups in total. The number of carbonyl (C=O) groups excluding carboxylic acids is 2. The average Bonchev–Trinajstić information content (AvgIpc) is 3.25. The van der Waals surface area contributed by atoms with Crippen LogP contribution in [0.4, 0.5) is 17.6 Å². The summed E-state index contributed by atoms with van der Waals surface area (Å²) in [6.07, 6.45) is -0.630. The van der Waals surface area contributed by atoms with E-state index in [-0.39, 0.29) is 24.8 Å². The molecule has 0 bridgehead atoms. The minimum atomic E-state index is -4.65. The molecule has 0 radical (unpaired) electrons. The monoisotopic (exact) mass is 469 g/mol. The van der Waals surface area contributed by atoms with E-state index in [1.54, 1.807) is 11.4 Å². The van der Waals surface area contributed by atoms with Crippen LogP contribution in [0.3, 0.4) is 0 Å². The summed E-state index contributed by atoms with van der Waals surface area (Å²) in [5.41, 5.74) is -1.31. The van der Waals surface area contributed by atoms with Crippen LogP contribution < -0.4 is 16.1 Å². The highest BCUT2D eigenvalue weighted by atomic mass is 19.4. The molecule has 2 aromatic rings. The van der Waals surface area contributed by atoms with Crippen molar-refractivity contribution >= 4 is 11.8 Å². The van der Waals surface area contributed by atoms with Gasteiger partial charge >= 0.3 is 6.18 Å². The van der Waals surface area contributed by atoms with Crippen LogP contribution in [-0.2, 0) is 17.7 Å². The Bertz CT molecular complexity index is 1060. The van der Waals surface area contributed by atoms with E-state index >= 15 is 0 Å². The van der Waals surface area contributed by atoms with Gasteiger partial charge < -0.3 is 19.9 Å². The molecule has 1 fully saturated rings. The summed E-state index contributed by atoms with van der Waals surface area (Å²) in [7, 11) is 0. The second-order valence-corrected chi connectivity index (χ2v) is 7.68. The third-order valence-corrected chi connectivity index (χ3v) is 5.04. The molecule has 0 saturated carbocycles. The first-order valence-electron chi connectivity index (χ1n) is 10.4. The first kappa shape index (κ1) is 24.4. The van der Waals surface area contributed by atoms with Crippen molar-refractivity contribution in [3.8, 4) is 0 Å². The van der Waals surface area contributed by atoms with E-state index in [0.717, 1.165) is 19.0 Å². The molecule has 178 valence electrons. The number of halogens is 4. The van der Waals surface area contributed by atoms with E-state index in [2.05, 4.69) is 5.32 Å². The second kappa shape index (κ2) is 10.6. The quantitative estimate of drug-likeness (QED) is 0.582. The normalized spacial score (nSPS) is 15.9. The highest BCUT2D eigenvalue weighted by Crippen LogP contribution is 2.15. The van der Waals surface area contributed by atoms with Crippen LogP contribution in [0.15, 0.2) is 41.5 Å². The molecule has 0 aliphatic carbocycles. The predicted molar refractivity (Wildman–Crippen MR) is 111 cm³/mol. The lowest BCUT2D eigenvalue weighted by atomic mass is 10.1. The number of alkyl halides is 3. The minimum absolute atomic E-state index is 0.0813. The molecular weight excluding hydrogens is 446 g/mol. The third-order valence-electron chi connectivity index (χ3n) is 5.04. The van der Waals surface area contributed by atoms with Crippen LogP contribution in [-0.4, -0.2) is 48.4 Å². The number of pyridine rings is 1. The first-order chi connectivity index (χ1) is 15.6. The molecule has 1 aromatic heterocycles. The van der Waals surface area contributed by atoms with Crippen molar-refractivity contribution in [3.63, 3.8) is 0 Å². The van der Waals surface area contributed by atoms with Gasteiger partial charge in [0.2, 0.25) is 5.43 Å². The van der Waals surface area contributed by atoms with Crippen molar-refractivity contribution < 1.29 is 31.9 Å². The Hall–Kier alpha value is -3.21. The van der Waals surface area contributed by atoms with Crippen molar-refractivity contribution in [2.45, 2.75) is 38.1 Å². The van der Waals surface area contributed by atoms with E-state index in [1.807, 2.05) is 0 Å². The molecular formula is C22H23F4N3O4. The van der Waals surface area contributed by atoms with Gasteiger partial charge in [-0.2, -0.15) is 13.2 Å². The Morgan fingerprint density at radius 1 is 1.12 bits per heavy atom. The maximum Gasteiger partial charge on any atom is 0.405 e. The molecule has 0 spiro atoms. The smallest absolute Gasteiger partial charge is 0.376 e. The van der Waals surface area contributed by atoms with Crippen molar-refractivity contribution in [1.82, 2.24) is 15.2 Å². The topological polar surface area (TPSA) is 89.4 Å². The van der Waals surface area contributed by atoms with Gasteiger partial charge in [0.05, 0.1) is 6.10 Å². The number of rotatable bonds is 8. The fourth-order valence-electron chi connectivity index (χ4n) is 3.47. The van der Waals surface area contributed by atoms with Gasteiger partial charge in [0, 0.05) is 32.1 Å². The SMILES string of the molecule is O=C(NCCc1cccc(F)c1)c1cn(C[C@H]2CCCO2)cc(C(=O)NCC(F)(F)F)c1=O. The standard InChI is InChI=1S/C22H23F4N3O4/c23-15-4-1-3-14(9-15)6-7-27-20(31)17-11-29(10-16-5-2-8-33-16)12-18(19(17)30)21(32)28-13-22(24,25)26/h1,3-4,9,11-12,16H,2,5-8,10,13H2,(H,27,31)(H,28,32)/t16-/m1/s1. The van der Waals surface area contributed by atoms with Gasteiger partial charge in [0.1, 0.15) is 23.5 Å². The minimum Gasteiger partial charge on any atom is -0.376 e. The Kier molecular flexibility index (Phi) is 7.85. The maximum atomic E-state index is 13.3. The van der Waals surface area contributed by atoms with Gasteiger partial charge in [0.15, 0.2) is 0 Å². The Morgan fingerprint density at radius 2 is 1.82 bits per heavy atom. The van der Waals surface area contributed by atoms with Crippen LogP contribution in [0.1, 0.15) is 39.1 Å². The average molecular weight is 469 g/mol. The summed E-state index contributed by atoms with van der Waals surface area (Å²) in [6.45, 7) is -0.750. The molecule has 7 nitrogen and oxygen atoms in total. The van der Waals surface area contributed by atoms with Gasteiger partial charge in [0.25, 0.3) is 11.8 Å². The summed E-state index contributed by atoms with van der Waals surface area (Å²) in [5, 5.41) is 4.19. The number of hydrogen-bond donors (Lipinski definition) is 2. The molecule has 0 unspecified atom stereocenters. The highest BCUT2D eigenvalue weighted by Gasteiger charge is 2.29. The van der Waals surface area contributed by atoms with Crippen molar-refractivity contribution in [2.75, 3.05) is 19.7 Å². The zero-order valence-corrected chi connectivity index (χ0v) is 17.6. The van der Waals surface area contributed by atoms with Crippen molar-refractivity contribution in [3.05, 3.63) is 69.4 Å². The van der Waals surface area contributed by atoms with Crippen LogP contribution in [0.25, 0.3) is 0 Å². The fraction of sp³-hybridized carbons (Fsp3) is 0.409. The Balaban J connectivity index is 1.79. The van der Waals surface area contributed by atoms with Crippen molar-refractivity contribution in [1.29, 1.82) is 0 Å². The summed E-state index contributed by atoms with van der Waals surface area (Å²) in [6, 6.07) is 5.80. The zero-order chi connectivity index (χ0) is 24.0. The summed E-state index contributed by atoms with van der Waals surface area (Å²) < 4.78 is 57.7. The van der Waals surface area contributed by atoms with E-state index in [4.69, 9.17) is 4.74 Å². The van der Waals surface area contributed by atoms with Gasteiger partial charge in [-0.05, 0) is 37.0 Å². The number of amides is 2. The number of hydrogen-bond acceptors (Lipinski definition) is 4. The third kappa shape index (κ3) is 7.14. The summed E-state index contributed by atoms with van der Waals surface area (Å²) in [5.74, 6) is -2.44. The number of aromatic nitrogens is 1.